The second-order valence-corrected chi connectivity index (χ2v) is 7.96. The molecule has 0 radical (unpaired) electrons. The summed E-state index contributed by atoms with van der Waals surface area (Å²) in [6, 6.07) is 21.0. The topological polar surface area (TPSA) is 57.0 Å². The second-order valence-electron chi connectivity index (χ2n) is 7.96. The number of hydrogen-bond donors (Lipinski definition) is 0. The molecule has 0 amide bonds. The standard InChI is InChI=1S/C26H22F3N3O2/c1-18-3-2-4-20(15-18)16-23(33)12-7-19-5-8-21(9-6-19)25-30-17-32(31-25)22-10-13-24(14-11-22)34-26(27,28)29/h2-6,8-11,13-15,17H,7,12,16H2,1H3. The van der Waals surface area contributed by atoms with E-state index in [2.05, 4.69) is 14.8 Å². The average Bonchev–Trinajstić information content (AvgIpc) is 3.28. The number of aryl methyl sites for hydroxylation is 2. The fourth-order valence-electron chi connectivity index (χ4n) is 3.56. The molecule has 0 saturated heterocycles. The van der Waals surface area contributed by atoms with E-state index in [0.29, 0.717) is 30.8 Å². The Balaban J connectivity index is 1.35. The van der Waals surface area contributed by atoms with E-state index in [4.69, 9.17) is 0 Å². The summed E-state index contributed by atoms with van der Waals surface area (Å²) >= 11 is 0. The molecule has 4 rings (SSSR count). The maximum Gasteiger partial charge on any atom is 0.573 e. The molecule has 0 unspecified atom stereocenters. The third-order valence-electron chi connectivity index (χ3n) is 5.22. The van der Waals surface area contributed by atoms with Crippen LogP contribution in [0.3, 0.4) is 0 Å². The molecule has 1 heterocycles. The van der Waals surface area contributed by atoms with Crippen LogP contribution in [0.2, 0.25) is 0 Å². The van der Waals surface area contributed by atoms with Gasteiger partial charge in [0.2, 0.25) is 0 Å². The number of ether oxygens (including phenoxy) is 1. The van der Waals surface area contributed by atoms with E-state index in [0.717, 1.165) is 22.3 Å². The first-order valence-corrected chi connectivity index (χ1v) is 10.7. The summed E-state index contributed by atoms with van der Waals surface area (Å²) in [4.78, 5) is 16.6. The van der Waals surface area contributed by atoms with E-state index >= 15 is 0 Å². The molecule has 5 nitrogen and oxygen atoms in total. The Bertz CT molecular complexity index is 1260. The van der Waals surface area contributed by atoms with Crippen molar-refractivity contribution in [3.05, 3.63) is 95.8 Å². The summed E-state index contributed by atoms with van der Waals surface area (Å²) in [5.41, 5.74) is 4.57. The van der Waals surface area contributed by atoms with Crippen molar-refractivity contribution in [2.75, 3.05) is 0 Å². The number of rotatable bonds is 8. The lowest BCUT2D eigenvalue weighted by atomic mass is 10.0. The van der Waals surface area contributed by atoms with E-state index in [1.807, 2.05) is 55.5 Å². The van der Waals surface area contributed by atoms with Crippen LogP contribution in [-0.2, 0) is 17.6 Å². The molecular formula is C26H22F3N3O2. The van der Waals surface area contributed by atoms with Crippen LogP contribution in [-0.4, -0.2) is 26.9 Å². The van der Waals surface area contributed by atoms with Gasteiger partial charge < -0.3 is 4.74 Å². The van der Waals surface area contributed by atoms with E-state index in [-0.39, 0.29) is 11.5 Å². The van der Waals surface area contributed by atoms with Crippen LogP contribution in [0.15, 0.2) is 79.1 Å². The third kappa shape index (κ3) is 6.31. The first-order chi connectivity index (χ1) is 16.2. The molecule has 4 aromatic rings. The summed E-state index contributed by atoms with van der Waals surface area (Å²) < 4.78 is 42.3. The predicted octanol–water partition coefficient (Wildman–Crippen LogP) is 5.89. The minimum absolute atomic E-state index is 0.196. The van der Waals surface area contributed by atoms with Crippen molar-refractivity contribution in [1.82, 2.24) is 14.8 Å². The third-order valence-corrected chi connectivity index (χ3v) is 5.22. The second kappa shape index (κ2) is 9.91. The minimum Gasteiger partial charge on any atom is -0.406 e. The van der Waals surface area contributed by atoms with Gasteiger partial charge in [-0.1, -0.05) is 54.1 Å². The molecule has 0 bridgehead atoms. The lowest BCUT2D eigenvalue weighted by Crippen LogP contribution is -2.17. The van der Waals surface area contributed by atoms with Gasteiger partial charge in [-0.25, -0.2) is 9.67 Å². The minimum atomic E-state index is -4.73. The van der Waals surface area contributed by atoms with E-state index in [1.165, 1.54) is 35.3 Å². The summed E-state index contributed by atoms with van der Waals surface area (Å²) in [7, 11) is 0. The van der Waals surface area contributed by atoms with E-state index in [9.17, 15) is 18.0 Å². The van der Waals surface area contributed by atoms with Crippen LogP contribution in [0, 0.1) is 6.92 Å². The van der Waals surface area contributed by atoms with Crippen LogP contribution in [0.5, 0.6) is 5.75 Å². The SMILES string of the molecule is Cc1cccc(CC(=O)CCc2ccc(-c3ncn(-c4ccc(OC(F)(F)F)cc4)n3)cc2)c1. The number of nitrogens with zero attached hydrogens (tertiary/aromatic N) is 3. The zero-order valence-corrected chi connectivity index (χ0v) is 18.4. The van der Waals surface area contributed by atoms with Gasteiger partial charge in [-0.05, 0) is 48.7 Å². The lowest BCUT2D eigenvalue weighted by Gasteiger charge is -2.09. The Morgan fingerprint density at radius 1 is 0.971 bits per heavy atom. The van der Waals surface area contributed by atoms with Crippen LogP contribution in [0.25, 0.3) is 17.1 Å². The Morgan fingerprint density at radius 2 is 1.71 bits per heavy atom. The van der Waals surface area contributed by atoms with Gasteiger partial charge in [0.05, 0.1) is 5.69 Å². The van der Waals surface area contributed by atoms with Gasteiger partial charge in [-0.2, -0.15) is 0 Å². The smallest absolute Gasteiger partial charge is 0.406 e. The van der Waals surface area contributed by atoms with Gasteiger partial charge >= 0.3 is 6.36 Å². The van der Waals surface area contributed by atoms with E-state index in [1.54, 1.807) is 0 Å². The van der Waals surface area contributed by atoms with E-state index < -0.39 is 6.36 Å². The Labute approximate surface area is 194 Å². The highest BCUT2D eigenvalue weighted by molar-refractivity contribution is 5.81. The number of Topliss-reactive ketones (excluding diaryl/α,β-unsaturated/α-hetero) is 1. The van der Waals surface area contributed by atoms with Crippen LogP contribution >= 0.6 is 0 Å². The number of alkyl halides is 3. The average molecular weight is 465 g/mol. The fraction of sp³-hybridized carbons (Fsp3) is 0.192. The van der Waals surface area contributed by atoms with Crippen molar-refractivity contribution in [3.8, 4) is 22.8 Å². The van der Waals surface area contributed by atoms with Crippen LogP contribution in [0.1, 0.15) is 23.1 Å². The molecule has 8 heteroatoms. The highest BCUT2D eigenvalue weighted by atomic mass is 19.4. The summed E-state index contributed by atoms with van der Waals surface area (Å²) in [5.74, 6) is 0.379. The van der Waals surface area contributed by atoms with Crippen molar-refractivity contribution in [1.29, 1.82) is 0 Å². The van der Waals surface area contributed by atoms with Gasteiger partial charge in [-0.3, -0.25) is 4.79 Å². The van der Waals surface area contributed by atoms with Crippen molar-refractivity contribution < 1.29 is 22.7 Å². The molecule has 1 aromatic heterocycles. The normalized spacial score (nSPS) is 11.4. The number of ketones is 1. The summed E-state index contributed by atoms with van der Waals surface area (Å²) in [6.45, 7) is 2.01. The van der Waals surface area contributed by atoms with Crippen molar-refractivity contribution in [2.24, 2.45) is 0 Å². The highest BCUT2D eigenvalue weighted by Gasteiger charge is 2.31. The number of aromatic nitrogens is 3. The zero-order chi connectivity index (χ0) is 24.1. The molecule has 0 N–H and O–H groups in total. The Kier molecular flexibility index (Phi) is 6.77. The number of carbonyl (C=O) groups is 1. The summed E-state index contributed by atoms with van der Waals surface area (Å²) in [5, 5.41) is 4.40. The molecule has 0 saturated carbocycles. The molecule has 34 heavy (non-hydrogen) atoms. The molecule has 0 aliphatic heterocycles. The number of halogens is 3. The van der Waals surface area contributed by atoms with Gasteiger partial charge in [0.1, 0.15) is 17.9 Å². The molecule has 0 atom stereocenters. The van der Waals surface area contributed by atoms with Gasteiger partial charge in [0.15, 0.2) is 5.82 Å². The lowest BCUT2D eigenvalue weighted by molar-refractivity contribution is -0.274. The summed E-state index contributed by atoms with van der Waals surface area (Å²) in [6.07, 6.45) is -1.69. The molecule has 0 fully saturated rings. The fourth-order valence-corrected chi connectivity index (χ4v) is 3.56. The van der Waals surface area contributed by atoms with Crippen LogP contribution in [0.4, 0.5) is 13.2 Å². The van der Waals surface area contributed by atoms with Gasteiger partial charge in [0, 0.05) is 18.4 Å². The Morgan fingerprint density at radius 3 is 2.38 bits per heavy atom. The molecule has 0 aliphatic rings. The largest absolute Gasteiger partial charge is 0.573 e. The van der Waals surface area contributed by atoms with Crippen molar-refractivity contribution in [2.45, 2.75) is 32.5 Å². The quantitative estimate of drug-likeness (QED) is 0.326. The predicted molar refractivity (Wildman–Crippen MR) is 122 cm³/mol. The maximum absolute atomic E-state index is 12.3. The van der Waals surface area contributed by atoms with Crippen molar-refractivity contribution in [3.63, 3.8) is 0 Å². The first-order valence-electron chi connectivity index (χ1n) is 10.7. The zero-order valence-electron chi connectivity index (χ0n) is 18.4. The molecular weight excluding hydrogens is 443 g/mol. The number of hydrogen-bond acceptors (Lipinski definition) is 4. The number of benzene rings is 3. The Hall–Kier alpha value is -3.94. The first kappa shape index (κ1) is 23.2. The monoisotopic (exact) mass is 465 g/mol. The molecule has 174 valence electrons. The molecule has 0 aliphatic carbocycles. The number of carbonyl (C=O) groups excluding carboxylic acids is 1. The molecule has 3 aromatic carbocycles. The van der Waals surface area contributed by atoms with Crippen LogP contribution < -0.4 is 4.74 Å². The van der Waals surface area contributed by atoms with Crippen molar-refractivity contribution >= 4 is 5.78 Å². The van der Waals surface area contributed by atoms with Gasteiger partial charge in [-0.15, -0.1) is 18.3 Å². The maximum atomic E-state index is 12.3. The highest BCUT2D eigenvalue weighted by Crippen LogP contribution is 2.24. The van der Waals surface area contributed by atoms with Gasteiger partial charge in [0.25, 0.3) is 0 Å². The molecule has 0 spiro atoms.